The summed E-state index contributed by atoms with van der Waals surface area (Å²) < 4.78 is 0. The quantitative estimate of drug-likeness (QED) is 0.429. The molecule has 0 aromatic heterocycles. The third-order valence-electron chi connectivity index (χ3n) is 1.57. The van der Waals surface area contributed by atoms with Crippen LogP contribution in [0.1, 0.15) is 12.8 Å². The van der Waals surface area contributed by atoms with Crippen LogP contribution in [0.25, 0.3) is 0 Å². The molecule has 66 valence electrons. The smallest absolute Gasteiger partial charge is 0.306 e. The lowest BCUT2D eigenvalue weighted by Gasteiger charge is -2.14. The average Bonchev–Trinajstić information content (AvgIpc) is 2.04. The Morgan fingerprint density at radius 2 is 2.17 bits per heavy atom. The van der Waals surface area contributed by atoms with E-state index < -0.39 is 36.2 Å². The number of hydrogen-bond donors (Lipinski definition) is 3. The van der Waals surface area contributed by atoms with E-state index in [9.17, 15) is 19.5 Å². The molecule has 1 saturated heterocycles. The van der Waals surface area contributed by atoms with Crippen LogP contribution in [0.15, 0.2) is 0 Å². The van der Waals surface area contributed by atoms with Crippen LogP contribution in [-0.4, -0.2) is 33.6 Å². The van der Waals surface area contributed by atoms with Crippen molar-refractivity contribution in [1.29, 1.82) is 0 Å². The maximum Gasteiger partial charge on any atom is 0.306 e. The Morgan fingerprint density at radius 3 is 2.50 bits per heavy atom. The Hall–Kier alpha value is -1.43. The number of rotatable bonds is 2. The monoisotopic (exact) mass is 173 g/mol. The van der Waals surface area contributed by atoms with Gasteiger partial charge in [0.2, 0.25) is 5.91 Å². The first-order chi connectivity index (χ1) is 5.44. The molecule has 0 aliphatic carbocycles. The fourth-order valence-electron chi connectivity index (χ4n) is 1.03. The van der Waals surface area contributed by atoms with Crippen molar-refractivity contribution in [2.45, 2.75) is 18.4 Å². The van der Waals surface area contributed by atoms with Gasteiger partial charge in [-0.05, 0) is 0 Å². The second-order valence-electron chi connectivity index (χ2n) is 2.66. The van der Waals surface area contributed by atoms with Crippen molar-refractivity contribution in [2.75, 3.05) is 0 Å². The third-order valence-corrected chi connectivity index (χ3v) is 1.57. The van der Waals surface area contributed by atoms with E-state index in [1.807, 2.05) is 5.32 Å². The van der Waals surface area contributed by atoms with E-state index in [0.717, 1.165) is 0 Å². The molecule has 0 aromatic rings. The fraction of sp³-hybridized carbons (Fsp3) is 0.500. The van der Waals surface area contributed by atoms with Crippen molar-refractivity contribution >= 4 is 17.8 Å². The molecule has 1 atom stereocenters. The molecular formula is C6H7NO5. The zero-order valence-electron chi connectivity index (χ0n) is 6.03. The van der Waals surface area contributed by atoms with Gasteiger partial charge in [-0.2, -0.15) is 0 Å². The first-order valence-corrected chi connectivity index (χ1v) is 3.22. The molecule has 6 heteroatoms. The van der Waals surface area contributed by atoms with Gasteiger partial charge in [-0.25, -0.2) is 0 Å². The Morgan fingerprint density at radius 1 is 1.58 bits per heavy atom. The summed E-state index contributed by atoms with van der Waals surface area (Å²) in [6, 6.07) is 0. The van der Waals surface area contributed by atoms with Gasteiger partial charge in [-0.15, -0.1) is 0 Å². The van der Waals surface area contributed by atoms with E-state index in [-0.39, 0.29) is 0 Å². The van der Waals surface area contributed by atoms with Gasteiger partial charge in [0.05, 0.1) is 12.8 Å². The van der Waals surface area contributed by atoms with Crippen LogP contribution in [-0.2, 0) is 14.4 Å². The molecule has 6 nitrogen and oxygen atoms in total. The molecule has 1 fully saturated rings. The number of aliphatic hydroxyl groups is 1. The van der Waals surface area contributed by atoms with Crippen molar-refractivity contribution in [1.82, 2.24) is 5.32 Å². The third kappa shape index (κ3) is 1.42. The van der Waals surface area contributed by atoms with E-state index in [2.05, 4.69) is 0 Å². The van der Waals surface area contributed by atoms with Crippen molar-refractivity contribution < 1.29 is 24.6 Å². The highest BCUT2D eigenvalue weighted by Crippen LogP contribution is 2.20. The molecule has 1 aliphatic heterocycles. The second kappa shape index (κ2) is 2.56. The molecule has 0 spiro atoms. The van der Waals surface area contributed by atoms with Gasteiger partial charge in [-0.3, -0.25) is 19.7 Å². The van der Waals surface area contributed by atoms with Crippen molar-refractivity contribution in [2.24, 2.45) is 0 Å². The van der Waals surface area contributed by atoms with Gasteiger partial charge < -0.3 is 10.2 Å². The SMILES string of the molecule is O=C(O)CC1(O)CC(=O)NC1=O. The molecule has 1 aliphatic rings. The molecule has 3 N–H and O–H groups in total. The summed E-state index contributed by atoms with van der Waals surface area (Å²) in [5.74, 6) is -2.90. The minimum atomic E-state index is -2.05. The summed E-state index contributed by atoms with van der Waals surface area (Å²) in [7, 11) is 0. The topological polar surface area (TPSA) is 104 Å². The zero-order chi connectivity index (χ0) is 9.35. The van der Waals surface area contributed by atoms with Crippen LogP contribution >= 0.6 is 0 Å². The van der Waals surface area contributed by atoms with Crippen molar-refractivity contribution in [3.05, 3.63) is 0 Å². The molecule has 0 radical (unpaired) electrons. The predicted octanol–water partition coefficient (Wildman–Crippen LogP) is -1.76. The lowest BCUT2D eigenvalue weighted by Crippen LogP contribution is -2.39. The largest absolute Gasteiger partial charge is 0.481 e. The summed E-state index contributed by atoms with van der Waals surface area (Å²) in [5.41, 5.74) is -2.05. The van der Waals surface area contributed by atoms with Gasteiger partial charge >= 0.3 is 5.97 Å². The van der Waals surface area contributed by atoms with E-state index in [0.29, 0.717) is 0 Å². The molecule has 0 saturated carbocycles. The van der Waals surface area contributed by atoms with E-state index in [1.54, 1.807) is 0 Å². The molecule has 0 bridgehead atoms. The summed E-state index contributed by atoms with van der Waals surface area (Å²) in [6.07, 6.45) is -1.22. The first kappa shape index (κ1) is 8.66. The van der Waals surface area contributed by atoms with Gasteiger partial charge in [0.1, 0.15) is 0 Å². The predicted molar refractivity (Wildman–Crippen MR) is 35.0 cm³/mol. The highest BCUT2D eigenvalue weighted by Gasteiger charge is 2.46. The van der Waals surface area contributed by atoms with Gasteiger partial charge in [0, 0.05) is 0 Å². The van der Waals surface area contributed by atoms with Crippen LogP contribution in [0.2, 0.25) is 0 Å². The number of carbonyl (C=O) groups is 3. The highest BCUT2D eigenvalue weighted by atomic mass is 16.4. The molecular weight excluding hydrogens is 166 g/mol. The van der Waals surface area contributed by atoms with Crippen LogP contribution < -0.4 is 5.32 Å². The van der Waals surface area contributed by atoms with Crippen LogP contribution in [0.4, 0.5) is 0 Å². The maximum atomic E-state index is 10.8. The minimum Gasteiger partial charge on any atom is -0.481 e. The Labute approximate surface area is 67.2 Å². The lowest BCUT2D eigenvalue weighted by molar-refractivity contribution is -0.149. The minimum absolute atomic E-state index is 0.474. The van der Waals surface area contributed by atoms with Crippen LogP contribution in [0, 0.1) is 0 Å². The number of nitrogens with one attached hydrogen (secondary N) is 1. The van der Waals surface area contributed by atoms with Gasteiger partial charge in [0.15, 0.2) is 5.60 Å². The molecule has 1 rings (SSSR count). The first-order valence-electron chi connectivity index (χ1n) is 3.22. The molecule has 1 heterocycles. The summed E-state index contributed by atoms with van der Waals surface area (Å²) in [5, 5.41) is 19.4. The highest BCUT2D eigenvalue weighted by molar-refractivity contribution is 6.08. The fourth-order valence-corrected chi connectivity index (χ4v) is 1.03. The Bertz CT molecular complexity index is 261. The number of carboxylic acids is 1. The second-order valence-corrected chi connectivity index (χ2v) is 2.66. The van der Waals surface area contributed by atoms with Gasteiger partial charge in [-0.1, -0.05) is 0 Å². The van der Waals surface area contributed by atoms with Crippen molar-refractivity contribution in [3.8, 4) is 0 Å². The summed E-state index contributed by atoms with van der Waals surface area (Å²) in [4.78, 5) is 31.5. The number of amides is 2. The van der Waals surface area contributed by atoms with E-state index in [4.69, 9.17) is 5.11 Å². The summed E-state index contributed by atoms with van der Waals surface area (Å²) >= 11 is 0. The summed E-state index contributed by atoms with van der Waals surface area (Å²) in [6.45, 7) is 0. The zero-order valence-corrected chi connectivity index (χ0v) is 6.03. The number of carboxylic acid groups (broad SMARTS) is 1. The normalized spacial score (nSPS) is 28.8. The number of imide groups is 1. The molecule has 1 unspecified atom stereocenters. The van der Waals surface area contributed by atoms with E-state index >= 15 is 0 Å². The maximum absolute atomic E-state index is 10.8. The number of aliphatic carboxylic acids is 1. The van der Waals surface area contributed by atoms with E-state index in [1.165, 1.54) is 0 Å². The molecule has 0 aromatic carbocycles. The van der Waals surface area contributed by atoms with Crippen LogP contribution in [0.3, 0.4) is 0 Å². The standard InChI is InChI=1S/C6H7NO5/c8-3-1-6(12,2-4(9)10)5(11)7-3/h12H,1-2H2,(H,9,10)(H,7,8,11). The number of carbonyl (C=O) groups excluding carboxylic acids is 2. The lowest BCUT2D eigenvalue weighted by atomic mass is 9.98. The van der Waals surface area contributed by atoms with Crippen molar-refractivity contribution in [3.63, 3.8) is 0 Å². The van der Waals surface area contributed by atoms with Crippen LogP contribution in [0.5, 0.6) is 0 Å². The average molecular weight is 173 g/mol. The molecule has 12 heavy (non-hydrogen) atoms. The Kier molecular flexibility index (Phi) is 1.85. The Balaban J connectivity index is 2.77. The number of hydrogen-bond acceptors (Lipinski definition) is 4. The van der Waals surface area contributed by atoms with Gasteiger partial charge in [0.25, 0.3) is 5.91 Å². The molecule has 2 amide bonds.